The molecule has 2 aliphatic heterocycles. The van der Waals surface area contributed by atoms with Crippen molar-refractivity contribution >= 4 is 35.0 Å². The molecule has 0 unspecified atom stereocenters. The van der Waals surface area contributed by atoms with Crippen LogP contribution in [0.5, 0.6) is 0 Å². The van der Waals surface area contributed by atoms with E-state index in [4.69, 9.17) is 21.4 Å². The minimum Gasteiger partial charge on any atom is -0.481 e. The van der Waals surface area contributed by atoms with Crippen LogP contribution < -0.4 is 0 Å². The number of carbonyl (C=O) groups is 3. The van der Waals surface area contributed by atoms with Gasteiger partial charge in [0.1, 0.15) is 0 Å². The lowest BCUT2D eigenvalue weighted by Crippen LogP contribution is -2.46. The third-order valence-electron chi connectivity index (χ3n) is 10.5. The van der Waals surface area contributed by atoms with E-state index in [9.17, 15) is 32.7 Å². The number of likely N-dealkylation sites (tertiary alicyclic amines) is 1. The summed E-state index contributed by atoms with van der Waals surface area (Å²) in [7, 11) is 0. The summed E-state index contributed by atoms with van der Waals surface area (Å²) in [6, 6.07) is 4.17. The molecule has 2 aromatic rings. The zero-order valence-electron chi connectivity index (χ0n) is 24.1. The van der Waals surface area contributed by atoms with E-state index >= 15 is 0 Å². The second kappa shape index (κ2) is 10.4. The molecule has 12 heteroatoms. The summed E-state index contributed by atoms with van der Waals surface area (Å²) in [5.41, 5.74) is 0.200. The van der Waals surface area contributed by atoms with Crippen molar-refractivity contribution < 1.29 is 37.4 Å². The van der Waals surface area contributed by atoms with E-state index < -0.39 is 35.3 Å². The Hall–Kier alpha value is -3.18. The van der Waals surface area contributed by atoms with Gasteiger partial charge in [0, 0.05) is 36.4 Å². The van der Waals surface area contributed by atoms with Crippen molar-refractivity contribution in [3.63, 3.8) is 0 Å². The average molecular weight is 632 g/mol. The Morgan fingerprint density at radius 3 is 2.41 bits per heavy atom. The number of nitrogens with zero attached hydrogens (tertiary/aromatic N) is 3. The minimum atomic E-state index is -4.55. The SMILES string of the molecule is O=C(O)[C@@H]1CC=C(c2nn(C(=O)c3c(Cl)cccc3C3(C(F)(F)F)CC3)c3c2CC[C@H](C(=O)N2CCC4(COC4)C2)C3)CC1. The van der Waals surface area contributed by atoms with Gasteiger partial charge in [-0.1, -0.05) is 29.8 Å². The summed E-state index contributed by atoms with van der Waals surface area (Å²) >= 11 is 6.49. The van der Waals surface area contributed by atoms with Crippen LogP contribution in [0.25, 0.3) is 5.57 Å². The predicted octanol–water partition coefficient (Wildman–Crippen LogP) is 5.44. The van der Waals surface area contributed by atoms with Crippen molar-refractivity contribution in [2.24, 2.45) is 17.3 Å². The number of benzene rings is 1. The number of fused-ring (bicyclic) bond motifs is 1. The van der Waals surface area contributed by atoms with E-state index in [-0.39, 0.29) is 46.7 Å². The van der Waals surface area contributed by atoms with E-state index in [1.165, 1.54) is 22.9 Å². The molecule has 1 N–H and O–H groups in total. The van der Waals surface area contributed by atoms with Gasteiger partial charge in [-0.05, 0) is 68.6 Å². The van der Waals surface area contributed by atoms with Crippen LogP contribution in [0, 0.1) is 17.3 Å². The Balaban J connectivity index is 1.27. The second-order valence-electron chi connectivity index (χ2n) is 13.2. The molecule has 3 heterocycles. The molecule has 0 bridgehead atoms. The zero-order valence-corrected chi connectivity index (χ0v) is 24.8. The monoisotopic (exact) mass is 631 g/mol. The summed E-state index contributed by atoms with van der Waals surface area (Å²) in [4.78, 5) is 41.4. The molecular formula is C32H33ClF3N3O5. The molecule has 8 nitrogen and oxygen atoms in total. The van der Waals surface area contributed by atoms with Crippen molar-refractivity contribution in [1.82, 2.24) is 14.7 Å². The van der Waals surface area contributed by atoms with Gasteiger partial charge in [0.2, 0.25) is 5.91 Å². The van der Waals surface area contributed by atoms with Crippen molar-refractivity contribution in [3.05, 3.63) is 57.4 Å². The second-order valence-corrected chi connectivity index (χ2v) is 13.6. The minimum absolute atomic E-state index is 0.00907. The molecule has 2 saturated heterocycles. The summed E-state index contributed by atoms with van der Waals surface area (Å²) in [5.74, 6) is -2.51. The molecule has 5 aliphatic rings. The molecule has 234 valence electrons. The lowest BCUT2D eigenvalue weighted by Gasteiger charge is -2.38. The molecule has 1 amide bonds. The van der Waals surface area contributed by atoms with Crippen molar-refractivity contribution in [2.45, 2.75) is 69.4 Å². The number of halogens is 4. The summed E-state index contributed by atoms with van der Waals surface area (Å²) < 4.78 is 49.4. The van der Waals surface area contributed by atoms with Crippen LogP contribution in [0.15, 0.2) is 24.3 Å². The number of aliphatic carboxylic acids is 1. The predicted molar refractivity (Wildman–Crippen MR) is 153 cm³/mol. The number of ether oxygens (including phenoxy) is 1. The maximum Gasteiger partial charge on any atom is 0.398 e. The number of rotatable bonds is 5. The van der Waals surface area contributed by atoms with E-state index in [0.717, 1.165) is 17.6 Å². The molecule has 3 aliphatic carbocycles. The highest BCUT2D eigenvalue weighted by Crippen LogP contribution is 2.60. The Bertz CT molecular complexity index is 1590. The molecule has 1 spiro atoms. The van der Waals surface area contributed by atoms with Crippen LogP contribution in [0.1, 0.15) is 77.8 Å². The first kappa shape index (κ1) is 29.5. The Morgan fingerprint density at radius 2 is 1.82 bits per heavy atom. The van der Waals surface area contributed by atoms with Gasteiger partial charge in [0.15, 0.2) is 0 Å². The van der Waals surface area contributed by atoms with Crippen LogP contribution in [-0.2, 0) is 32.6 Å². The number of allylic oxidation sites excluding steroid dienone is 2. The smallest absolute Gasteiger partial charge is 0.398 e. The third kappa shape index (κ3) is 4.69. The maximum atomic E-state index is 14.3. The summed E-state index contributed by atoms with van der Waals surface area (Å²) in [6.45, 7) is 2.58. The van der Waals surface area contributed by atoms with Crippen LogP contribution in [0.3, 0.4) is 0 Å². The number of alkyl halides is 3. The zero-order chi connectivity index (χ0) is 31.0. The van der Waals surface area contributed by atoms with Gasteiger partial charge in [0.25, 0.3) is 5.91 Å². The Labute approximate surface area is 257 Å². The Kier molecular flexibility index (Phi) is 7.00. The first-order valence-corrected chi connectivity index (χ1v) is 15.6. The lowest BCUT2D eigenvalue weighted by atomic mass is 9.82. The van der Waals surface area contributed by atoms with Gasteiger partial charge in [-0.15, -0.1) is 0 Å². The van der Waals surface area contributed by atoms with Crippen molar-refractivity contribution in [1.29, 1.82) is 0 Å². The molecule has 1 saturated carbocycles. The third-order valence-corrected chi connectivity index (χ3v) is 10.8. The molecule has 1 aromatic carbocycles. The van der Waals surface area contributed by atoms with E-state index in [1.807, 2.05) is 11.0 Å². The van der Waals surface area contributed by atoms with E-state index in [2.05, 4.69) is 0 Å². The van der Waals surface area contributed by atoms with Gasteiger partial charge in [-0.3, -0.25) is 14.4 Å². The lowest BCUT2D eigenvalue weighted by molar-refractivity contribution is -0.160. The molecule has 44 heavy (non-hydrogen) atoms. The first-order chi connectivity index (χ1) is 20.9. The average Bonchev–Trinajstić information content (AvgIpc) is 3.54. The number of hydrogen-bond acceptors (Lipinski definition) is 5. The molecular weight excluding hydrogens is 599 g/mol. The maximum absolute atomic E-state index is 14.3. The highest BCUT2D eigenvalue weighted by molar-refractivity contribution is 6.34. The number of amides is 1. The number of carboxylic acids is 1. The summed E-state index contributed by atoms with van der Waals surface area (Å²) in [5, 5.41) is 14.1. The van der Waals surface area contributed by atoms with Gasteiger partial charge in [0.05, 0.1) is 46.5 Å². The normalized spacial score (nSPS) is 25.3. The Morgan fingerprint density at radius 1 is 1.07 bits per heavy atom. The molecule has 1 aromatic heterocycles. The van der Waals surface area contributed by atoms with Gasteiger partial charge >= 0.3 is 12.1 Å². The highest BCUT2D eigenvalue weighted by atomic mass is 35.5. The summed E-state index contributed by atoms with van der Waals surface area (Å²) in [6.07, 6.45) is 0.356. The number of aromatic nitrogens is 2. The van der Waals surface area contributed by atoms with Crippen LogP contribution >= 0.6 is 11.6 Å². The fourth-order valence-electron chi connectivity index (χ4n) is 7.61. The fourth-order valence-corrected chi connectivity index (χ4v) is 7.86. The van der Waals surface area contributed by atoms with Crippen LogP contribution in [0.2, 0.25) is 5.02 Å². The highest BCUT2D eigenvalue weighted by Gasteiger charge is 2.65. The molecule has 2 atom stereocenters. The van der Waals surface area contributed by atoms with Crippen LogP contribution in [0.4, 0.5) is 13.2 Å². The van der Waals surface area contributed by atoms with Crippen molar-refractivity contribution in [2.75, 3.05) is 26.3 Å². The van der Waals surface area contributed by atoms with Gasteiger partial charge in [-0.25, -0.2) is 0 Å². The largest absolute Gasteiger partial charge is 0.481 e. The topological polar surface area (TPSA) is 102 Å². The van der Waals surface area contributed by atoms with Gasteiger partial charge in [-0.2, -0.15) is 23.0 Å². The first-order valence-electron chi connectivity index (χ1n) is 15.2. The standard InChI is InChI=1S/C32H33ClF3N3O5/c33-23-3-1-2-22(31(10-11-31)32(34,35)36)25(23)28(41)39-24-14-20(27(40)38-13-12-30(15-38)16-44-17-30)8-9-21(24)26(37-39)18-4-6-19(7-5-18)29(42)43/h1-4,19-20H,5-17H2,(H,42,43)/t19-,20+/m1/s1. The fraction of sp³-hybridized carbons (Fsp3) is 0.562. The van der Waals surface area contributed by atoms with E-state index in [0.29, 0.717) is 69.8 Å². The molecule has 7 rings (SSSR count). The van der Waals surface area contributed by atoms with Crippen molar-refractivity contribution in [3.8, 4) is 0 Å². The number of hydrogen-bond donors (Lipinski definition) is 1. The number of carboxylic acid groups (broad SMARTS) is 1. The molecule has 0 radical (unpaired) electrons. The molecule has 3 fully saturated rings. The van der Waals surface area contributed by atoms with Crippen LogP contribution in [-0.4, -0.2) is 70.1 Å². The van der Waals surface area contributed by atoms with E-state index in [1.54, 1.807) is 0 Å². The quantitative estimate of drug-likeness (QED) is 0.472. The van der Waals surface area contributed by atoms with Gasteiger partial charge < -0.3 is 14.7 Å². The number of carbonyl (C=O) groups excluding carboxylic acids is 2.